The number of benzene rings is 2. The fourth-order valence-corrected chi connectivity index (χ4v) is 7.16. The second kappa shape index (κ2) is 11.3. The summed E-state index contributed by atoms with van der Waals surface area (Å²) in [6, 6.07) is 11.5. The number of hydrogen-bond donors (Lipinski definition) is 1. The normalized spacial score (nSPS) is 17.7. The van der Waals surface area contributed by atoms with Gasteiger partial charge in [-0.15, -0.1) is 0 Å². The highest BCUT2D eigenvalue weighted by Crippen LogP contribution is 2.43. The van der Waals surface area contributed by atoms with E-state index in [1.807, 2.05) is 18.0 Å². The average molecular weight is 632 g/mol. The zero-order chi connectivity index (χ0) is 31.5. The molecule has 1 amide bonds. The molecule has 0 spiro atoms. The predicted molar refractivity (Wildman–Crippen MR) is 166 cm³/mol. The summed E-state index contributed by atoms with van der Waals surface area (Å²) in [4.78, 5) is 30.1. The van der Waals surface area contributed by atoms with E-state index < -0.39 is 11.4 Å². The molecule has 4 aromatic rings. The van der Waals surface area contributed by atoms with Gasteiger partial charge in [-0.25, -0.2) is 18.7 Å². The second-order valence-electron chi connectivity index (χ2n) is 12.1. The van der Waals surface area contributed by atoms with Gasteiger partial charge in [-0.2, -0.15) is 5.26 Å². The SMILES string of the molecule is CN(c1nc(-c2ccc(F)cc2)c(C#N)s1)c1c2c(nc3c(F)cc(N4CCN(CC(=O)N5CC(C)(O)C5)CC4)cc13)COC2. The molecule has 1 N–H and O–H groups in total. The molecule has 7 rings (SSSR count). The van der Waals surface area contributed by atoms with Gasteiger partial charge in [0.1, 0.15) is 28.0 Å². The topological polar surface area (TPSA) is 109 Å². The molecule has 2 aromatic heterocycles. The molecule has 13 heteroatoms. The highest BCUT2D eigenvalue weighted by atomic mass is 32.1. The predicted octanol–water partition coefficient (Wildman–Crippen LogP) is 4.02. The first kappa shape index (κ1) is 29.5. The molecule has 0 bridgehead atoms. The lowest BCUT2D eigenvalue weighted by Gasteiger charge is -2.45. The largest absolute Gasteiger partial charge is 0.386 e. The number of ether oxygens (including phenoxy) is 1. The number of β-amino-alcohol motifs (C(OH)–C–C–N with tert-alkyl or cyclic N) is 1. The Hall–Kier alpha value is -4.22. The molecule has 3 aliphatic heterocycles. The van der Waals surface area contributed by atoms with Crippen molar-refractivity contribution in [2.75, 3.05) is 62.7 Å². The van der Waals surface area contributed by atoms with Gasteiger partial charge in [0.05, 0.1) is 49.8 Å². The van der Waals surface area contributed by atoms with Crippen molar-refractivity contribution in [1.82, 2.24) is 19.8 Å². The van der Waals surface area contributed by atoms with E-state index in [0.717, 1.165) is 5.56 Å². The summed E-state index contributed by atoms with van der Waals surface area (Å²) in [6.45, 7) is 5.81. The van der Waals surface area contributed by atoms with Crippen molar-refractivity contribution in [1.29, 1.82) is 5.26 Å². The number of nitrogens with zero attached hydrogens (tertiary/aromatic N) is 7. The number of carbonyl (C=O) groups excluding carboxylic acids is 1. The monoisotopic (exact) mass is 631 g/mol. The van der Waals surface area contributed by atoms with Gasteiger partial charge in [0, 0.05) is 55.4 Å². The summed E-state index contributed by atoms with van der Waals surface area (Å²) >= 11 is 1.21. The first-order valence-electron chi connectivity index (χ1n) is 14.7. The number of halogens is 2. The molecule has 5 heterocycles. The van der Waals surface area contributed by atoms with Crippen LogP contribution in [0.2, 0.25) is 0 Å². The maximum absolute atomic E-state index is 15.8. The Morgan fingerprint density at radius 2 is 1.87 bits per heavy atom. The van der Waals surface area contributed by atoms with Gasteiger partial charge in [-0.1, -0.05) is 11.3 Å². The summed E-state index contributed by atoms with van der Waals surface area (Å²) in [5, 5.41) is 21.0. The quantitative estimate of drug-likeness (QED) is 0.338. The van der Waals surface area contributed by atoms with Crippen molar-refractivity contribution in [3.63, 3.8) is 0 Å². The average Bonchev–Trinajstić information content (AvgIpc) is 3.66. The van der Waals surface area contributed by atoms with Crippen LogP contribution in [0.5, 0.6) is 0 Å². The third-order valence-corrected chi connectivity index (χ3v) is 9.68. The molecular formula is C32H31F2N7O3S. The minimum atomic E-state index is -0.801. The highest BCUT2D eigenvalue weighted by molar-refractivity contribution is 7.16. The summed E-state index contributed by atoms with van der Waals surface area (Å²) in [5.74, 6) is -0.817. The van der Waals surface area contributed by atoms with Gasteiger partial charge >= 0.3 is 0 Å². The number of aliphatic hydroxyl groups is 1. The maximum Gasteiger partial charge on any atom is 0.236 e. The van der Waals surface area contributed by atoms with E-state index in [4.69, 9.17) is 9.72 Å². The Balaban J connectivity index is 1.19. The van der Waals surface area contributed by atoms with E-state index >= 15 is 4.39 Å². The van der Waals surface area contributed by atoms with Gasteiger partial charge in [0.25, 0.3) is 0 Å². The molecule has 0 unspecified atom stereocenters. The van der Waals surface area contributed by atoms with Crippen molar-refractivity contribution in [3.05, 3.63) is 64.2 Å². The number of rotatable bonds is 6. The zero-order valence-corrected chi connectivity index (χ0v) is 25.7. The van der Waals surface area contributed by atoms with Gasteiger partial charge in [0.15, 0.2) is 10.9 Å². The molecule has 232 valence electrons. The van der Waals surface area contributed by atoms with Crippen LogP contribution in [-0.2, 0) is 22.7 Å². The van der Waals surface area contributed by atoms with E-state index in [2.05, 4.69) is 20.9 Å². The van der Waals surface area contributed by atoms with Crippen molar-refractivity contribution in [3.8, 4) is 17.3 Å². The first-order valence-corrected chi connectivity index (χ1v) is 15.5. The highest BCUT2D eigenvalue weighted by Gasteiger charge is 2.39. The molecule has 3 aliphatic rings. The lowest BCUT2D eigenvalue weighted by atomic mass is 9.97. The summed E-state index contributed by atoms with van der Waals surface area (Å²) in [5.41, 5.74) is 3.44. The van der Waals surface area contributed by atoms with Crippen LogP contribution in [0.15, 0.2) is 36.4 Å². The van der Waals surface area contributed by atoms with Gasteiger partial charge in [0.2, 0.25) is 5.91 Å². The number of amides is 1. The van der Waals surface area contributed by atoms with Crippen LogP contribution in [0.3, 0.4) is 0 Å². The summed E-state index contributed by atoms with van der Waals surface area (Å²) in [6.07, 6.45) is 0. The standard InChI is InChI=1S/C32H31F2N7O3S/c1-32(43)17-41(18-32)27(42)14-39-7-9-40(10-8-39)21-11-22-29(24(34)12-21)36-25-16-44-15-23(25)30(22)38(2)31-37-28(26(13-35)45-31)19-3-5-20(33)6-4-19/h3-6,11-12,43H,7-10,14-18H2,1-2H3. The third-order valence-electron chi connectivity index (χ3n) is 8.64. The number of fused-ring (bicyclic) bond motifs is 2. The Kier molecular flexibility index (Phi) is 7.40. The number of nitriles is 1. The Labute approximate surface area is 262 Å². The van der Waals surface area contributed by atoms with Gasteiger partial charge in [-0.3, -0.25) is 9.69 Å². The van der Waals surface area contributed by atoms with Crippen LogP contribution in [0, 0.1) is 23.0 Å². The first-order chi connectivity index (χ1) is 21.6. The molecular weight excluding hydrogens is 600 g/mol. The third kappa shape index (κ3) is 5.48. The number of hydrogen-bond acceptors (Lipinski definition) is 10. The van der Waals surface area contributed by atoms with Crippen molar-refractivity contribution in [2.24, 2.45) is 0 Å². The lowest BCUT2D eigenvalue weighted by Crippen LogP contribution is -2.63. The molecule has 2 aromatic carbocycles. The van der Waals surface area contributed by atoms with Crippen LogP contribution in [0.1, 0.15) is 23.1 Å². The van der Waals surface area contributed by atoms with E-state index in [0.29, 0.717) is 96.1 Å². The van der Waals surface area contributed by atoms with Gasteiger partial charge in [-0.05, 0) is 43.3 Å². The molecule has 2 fully saturated rings. The number of thiazole rings is 1. The molecule has 10 nitrogen and oxygen atoms in total. The van der Waals surface area contributed by atoms with Crippen molar-refractivity contribution >= 4 is 44.7 Å². The van der Waals surface area contributed by atoms with E-state index in [1.165, 1.54) is 29.5 Å². The summed E-state index contributed by atoms with van der Waals surface area (Å²) in [7, 11) is 1.83. The zero-order valence-electron chi connectivity index (χ0n) is 24.9. The van der Waals surface area contributed by atoms with Crippen LogP contribution < -0.4 is 9.80 Å². The van der Waals surface area contributed by atoms with Crippen LogP contribution in [0.4, 0.5) is 25.3 Å². The number of likely N-dealkylation sites (tertiary alicyclic amines) is 1. The fraction of sp³-hybridized carbons (Fsp3) is 0.375. The maximum atomic E-state index is 15.8. The minimum Gasteiger partial charge on any atom is -0.386 e. The fourth-order valence-electron chi connectivity index (χ4n) is 6.30. The molecule has 2 saturated heterocycles. The van der Waals surface area contributed by atoms with Crippen molar-refractivity contribution < 1.29 is 23.4 Å². The number of carbonyl (C=O) groups is 1. The summed E-state index contributed by atoms with van der Waals surface area (Å²) < 4.78 is 35.1. The van der Waals surface area contributed by atoms with E-state index in [9.17, 15) is 19.6 Å². The number of aromatic nitrogens is 2. The minimum absolute atomic E-state index is 0.00544. The van der Waals surface area contributed by atoms with Crippen molar-refractivity contribution in [2.45, 2.75) is 25.7 Å². The molecule has 0 aliphatic carbocycles. The second-order valence-corrected chi connectivity index (χ2v) is 13.0. The van der Waals surface area contributed by atoms with E-state index in [1.54, 1.807) is 24.0 Å². The Bertz CT molecular complexity index is 1840. The van der Waals surface area contributed by atoms with Crippen LogP contribution >= 0.6 is 11.3 Å². The van der Waals surface area contributed by atoms with Crippen LogP contribution in [-0.4, -0.2) is 89.2 Å². The number of piperazine rings is 1. The van der Waals surface area contributed by atoms with Gasteiger partial charge < -0.3 is 24.5 Å². The molecule has 0 radical (unpaired) electrons. The lowest BCUT2D eigenvalue weighted by molar-refractivity contribution is -0.153. The molecule has 0 saturated carbocycles. The number of pyridine rings is 1. The van der Waals surface area contributed by atoms with Crippen LogP contribution in [0.25, 0.3) is 22.2 Å². The molecule has 45 heavy (non-hydrogen) atoms. The Morgan fingerprint density at radius 1 is 1.13 bits per heavy atom. The number of anilines is 3. The molecule has 0 atom stereocenters. The Morgan fingerprint density at radius 3 is 2.56 bits per heavy atom. The smallest absolute Gasteiger partial charge is 0.236 e. The van der Waals surface area contributed by atoms with E-state index in [-0.39, 0.29) is 23.8 Å².